The van der Waals surface area contributed by atoms with Crippen molar-refractivity contribution in [1.29, 1.82) is 0 Å². The third kappa shape index (κ3) is 8.75. The Bertz CT molecular complexity index is 368. The van der Waals surface area contributed by atoms with E-state index in [4.69, 9.17) is 8.62 Å². The maximum atomic E-state index is 7.15. The summed E-state index contributed by atoms with van der Waals surface area (Å²) in [6.45, 7) is 17.1. The standard InChI is InChI=1S/C23H55O2P3/c1-10-17-18-19-20-21-22-23-26(24-27(8,11-2,12-3)13-4)25-28(9,14-5,15-6)16-7/h10-23H2,1-9H3. The van der Waals surface area contributed by atoms with Crippen LogP contribution in [0.5, 0.6) is 0 Å². The summed E-state index contributed by atoms with van der Waals surface area (Å²) in [6, 6.07) is 0. The molecule has 0 bridgehead atoms. The molecule has 0 saturated heterocycles. The van der Waals surface area contributed by atoms with Crippen molar-refractivity contribution in [2.24, 2.45) is 0 Å². The van der Waals surface area contributed by atoms with E-state index in [0.717, 1.165) is 6.16 Å². The van der Waals surface area contributed by atoms with Crippen molar-refractivity contribution >= 4 is 22.0 Å². The molecule has 0 aromatic rings. The topological polar surface area (TPSA) is 18.5 Å². The molecule has 0 amide bonds. The first-order valence-electron chi connectivity index (χ1n) is 12.3. The van der Waals surface area contributed by atoms with Crippen LogP contribution in [-0.2, 0) is 8.62 Å². The molecule has 0 aromatic heterocycles. The van der Waals surface area contributed by atoms with E-state index in [9.17, 15) is 0 Å². The normalized spacial score (nSPS) is 16.9. The SMILES string of the molecule is CCCCCCCCCP(OP(C)(CC)(CC)CC)OP(C)(CC)(CC)CC. The fraction of sp³-hybridized carbons (Fsp3) is 1.00. The second kappa shape index (κ2) is 12.9. The van der Waals surface area contributed by atoms with Gasteiger partial charge in [-0.05, 0) is 0 Å². The van der Waals surface area contributed by atoms with Crippen molar-refractivity contribution in [3.05, 3.63) is 0 Å². The van der Waals surface area contributed by atoms with E-state index in [2.05, 4.69) is 61.8 Å². The molecule has 0 radical (unpaired) electrons. The number of hydrogen-bond donors (Lipinski definition) is 0. The van der Waals surface area contributed by atoms with E-state index in [1.807, 2.05) is 0 Å². The van der Waals surface area contributed by atoms with Crippen molar-refractivity contribution in [3.63, 3.8) is 0 Å². The quantitative estimate of drug-likeness (QED) is 0.151. The van der Waals surface area contributed by atoms with Crippen molar-refractivity contribution in [3.8, 4) is 0 Å². The molecule has 0 aliphatic carbocycles. The molecule has 0 N–H and O–H groups in total. The molecule has 0 saturated carbocycles. The first-order valence-corrected chi connectivity index (χ1v) is 20.0. The molecule has 2 nitrogen and oxygen atoms in total. The summed E-state index contributed by atoms with van der Waals surface area (Å²) < 4.78 is 14.3. The number of unbranched alkanes of at least 4 members (excludes halogenated alkanes) is 6. The van der Waals surface area contributed by atoms with Crippen molar-refractivity contribution in [1.82, 2.24) is 0 Å². The van der Waals surface area contributed by atoms with Crippen LogP contribution in [0, 0.1) is 0 Å². The molecule has 5 heteroatoms. The van der Waals surface area contributed by atoms with Crippen LogP contribution < -0.4 is 0 Å². The molecule has 0 atom stereocenters. The van der Waals surface area contributed by atoms with Gasteiger partial charge in [0.15, 0.2) is 0 Å². The van der Waals surface area contributed by atoms with Crippen LogP contribution in [0.25, 0.3) is 0 Å². The Morgan fingerprint density at radius 3 is 1.14 bits per heavy atom. The van der Waals surface area contributed by atoms with Gasteiger partial charge in [-0.1, -0.05) is 0 Å². The summed E-state index contributed by atoms with van der Waals surface area (Å²) in [5.41, 5.74) is 0. The van der Waals surface area contributed by atoms with Crippen LogP contribution in [0.15, 0.2) is 0 Å². The Morgan fingerprint density at radius 2 is 0.821 bits per heavy atom. The van der Waals surface area contributed by atoms with Crippen molar-refractivity contribution in [2.75, 3.05) is 56.5 Å². The second-order valence-corrected chi connectivity index (χ2v) is 24.6. The van der Waals surface area contributed by atoms with Gasteiger partial charge in [-0.15, -0.1) is 0 Å². The summed E-state index contributed by atoms with van der Waals surface area (Å²) in [5, 5.41) is 0. The zero-order valence-electron chi connectivity index (χ0n) is 21.1. The Balaban J connectivity index is 5.23. The van der Waals surface area contributed by atoms with E-state index in [0.29, 0.717) is 0 Å². The minimum absolute atomic E-state index is 0.780. The third-order valence-corrected chi connectivity index (χ3v) is 24.9. The van der Waals surface area contributed by atoms with Crippen molar-refractivity contribution < 1.29 is 8.62 Å². The number of rotatable bonds is 18. The minimum atomic E-state index is -2.10. The summed E-state index contributed by atoms with van der Waals surface area (Å²) in [5.74, 6) is 0. The van der Waals surface area contributed by atoms with E-state index < -0.39 is 22.0 Å². The summed E-state index contributed by atoms with van der Waals surface area (Å²) in [6.07, 6.45) is 17.7. The van der Waals surface area contributed by atoms with E-state index in [1.54, 1.807) is 0 Å². The van der Waals surface area contributed by atoms with Crippen molar-refractivity contribution in [2.45, 2.75) is 93.4 Å². The van der Waals surface area contributed by atoms with Crippen LogP contribution in [0.1, 0.15) is 93.4 Å². The van der Waals surface area contributed by atoms with Crippen LogP contribution in [0.2, 0.25) is 0 Å². The molecule has 0 heterocycles. The van der Waals surface area contributed by atoms with E-state index in [-0.39, 0.29) is 0 Å². The third-order valence-electron chi connectivity index (χ3n) is 7.99. The first kappa shape index (κ1) is 29.2. The average molecular weight is 457 g/mol. The molecule has 0 aliphatic heterocycles. The molecule has 28 heavy (non-hydrogen) atoms. The van der Waals surface area contributed by atoms with Gasteiger partial charge in [-0.3, -0.25) is 0 Å². The molecular weight excluding hydrogens is 401 g/mol. The summed E-state index contributed by atoms with van der Waals surface area (Å²) in [4.78, 5) is 0. The van der Waals surface area contributed by atoms with Crippen LogP contribution >= 0.6 is 22.0 Å². The predicted octanol–water partition coefficient (Wildman–Crippen LogP) is 9.40. The van der Waals surface area contributed by atoms with Gasteiger partial charge in [0.2, 0.25) is 0 Å². The van der Waals surface area contributed by atoms with E-state index in [1.165, 1.54) is 81.9 Å². The Morgan fingerprint density at radius 1 is 0.500 bits per heavy atom. The maximum absolute atomic E-state index is 7.15. The molecule has 0 rings (SSSR count). The molecule has 174 valence electrons. The van der Waals surface area contributed by atoms with Gasteiger partial charge in [0.1, 0.15) is 0 Å². The fourth-order valence-electron chi connectivity index (χ4n) is 3.55. The van der Waals surface area contributed by atoms with Gasteiger partial charge < -0.3 is 0 Å². The molecule has 0 unspecified atom stereocenters. The zero-order chi connectivity index (χ0) is 21.8. The first-order chi connectivity index (χ1) is 13.1. The van der Waals surface area contributed by atoms with Crippen LogP contribution in [0.4, 0.5) is 0 Å². The Hall–Kier alpha value is 1.21. The van der Waals surface area contributed by atoms with Crippen LogP contribution in [-0.4, -0.2) is 56.5 Å². The predicted molar refractivity (Wildman–Crippen MR) is 141 cm³/mol. The summed E-state index contributed by atoms with van der Waals surface area (Å²) >= 11 is 0. The molecule has 0 fully saturated rings. The number of hydrogen-bond acceptors (Lipinski definition) is 2. The second-order valence-electron chi connectivity index (χ2n) is 9.62. The van der Waals surface area contributed by atoms with E-state index >= 15 is 0 Å². The molecular formula is C23H55O2P3. The summed E-state index contributed by atoms with van der Waals surface area (Å²) in [7, 11) is -0.780. The van der Waals surface area contributed by atoms with Crippen LogP contribution in [0.3, 0.4) is 0 Å². The van der Waals surface area contributed by atoms with Gasteiger partial charge in [-0.2, -0.15) is 0 Å². The van der Waals surface area contributed by atoms with Gasteiger partial charge in [0, 0.05) is 0 Å². The van der Waals surface area contributed by atoms with Gasteiger partial charge in [0.05, 0.1) is 0 Å². The Kier molecular flexibility index (Phi) is 13.5. The van der Waals surface area contributed by atoms with Gasteiger partial charge in [-0.25, -0.2) is 0 Å². The Labute approximate surface area is 180 Å². The average Bonchev–Trinajstić information content (AvgIpc) is 2.73. The van der Waals surface area contributed by atoms with Gasteiger partial charge in [0.25, 0.3) is 0 Å². The molecule has 0 aliphatic rings. The molecule has 0 aromatic carbocycles. The zero-order valence-corrected chi connectivity index (χ0v) is 23.7. The fourth-order valence-corrected chi connectivity index (χ4v) is 15.1. The molecule has 0 spiro atoms. The monoisotopic (exact) mass is 456 g/mol. The van der Waals surface area contributed by atoms with Gasteiger partial charge >= 0.3 is 181 Å².